The first-order chi connectivity index (χ1) is 11.1. The zero-order chi connectivity index (χ0) is 16.1. The second-order valence-electron chi connectivity index (χ2n) is 6.65. The number of carbonyl (C=O) groups excluding carboxylic acids is 1. The monoisotopic (exact) mass is 327 g/mol. The van der Waals surface area contributed by atoms with Gasteiger partial charge in [-0.25, -0.2) is 4.98 Å². The van der Waals surface area contributed by atoms with Gasteiger partial charge in [0.05, 0.1) is 9.88 Å². The number of nitrogens with two attached hydrogens (primary N) is 1. The number of piperidine rings is 1. The van der Waals surface area contributed by atoms with Crippen molar-refractivity contribution in [1.29, 1.82) is 0 Å². The molecule has 1 aromatic carbocycles. The summed E-state index contributed by atoms with van der Waals surface area (Å²) < 4.78 is 0. The number of hydrogen-bond acceptors (Lipinski definition) is 4. The molecule has 1 amide bonds. The standard InChI is InChI=1S/C18H21N3OS/c1-10-5-3-4-6-13(10)17-16(20-11(2)23-17)18(22)21-9-12-7-14(12)15(21)8-19/h3-6,12,14-15H,7-9,19H2,1-2H3/t12-,14-,15-/m1/s1. The van der Waals surface area contributed by atoms with Crippen LogP contribution in [0.25, 0.3) is 10.4 Å². The molecule has 0 bridgehead atoms. The summed E-state index contributed by atoms with van der Waals surface area (Å²) in [5.74, 6) is 1.33. The summed E-state index contributed by atoms with van der Waals surface area (Å²) in [4.78, 5) is 20.6. The van der Waals surface area contributed by atoms with Crippen molar-refractivity contribution in [1.82, 2.24) is 9.88 Å². The maximum Gasteiger partial charge on any atom is 0.274 e. The Morgan fingerprint density at radius 1 is 1.39 bits per heavy atom. The summed E-state index contributed by atoms with van der Waals surface area (Å²) in [5.41, 5.74) is 8.80. The highest BCUT2D eigenvalue weighted by Crippen LogP contribution is 2.49. The lowest BCUT2D eigenvalue weighted by atomic mass is 10.1. The van der Waals surface area contributed by atoms with Gasteiger partial charge in [0.25, 0.3) is 5.91 Å². The Hall–Kier alpha value is -1.72. The van der Waals surface area contributed by atoms with Crippen LogP contribution in [0, 0.1) is 25.7 Å². The van der Waals surface area contributed by atoms with Crippen molar-refractivity contribution in [2.45, 2.75) is 26.3 Å². The van der Waals surface area contributed by atoms with Gasteiger partial charge < -0.3 is 10.6 Å². The zero-order valence-electron chi connectivity index (χ0n) is 13.5. The minimum atomic E-state index is 0.0512. The predicted octanol–water partition coefficient (Wildman–Crippen LogP) is 2.85. The molecular weight excluding hydrogens is 306 g/mol. The third-order valence-corrected chi connectivity index (χ3v) is 6.14. The molecule has 1 aliphatic carbocycles. The summed E-state index contributed by atoms with van der Waals surface area (Å²) in [7, 11) is 0. The van der Waals surface area contributed by atoms with Gasteiger partial charge in [-0.2, -0.15) is 0 Å². The lowest BCUT2D eigenvalue weighted by Crippen LogP contribution is -2.43. The molecule has 1 aromatic heterocycles. The van der Waals surface area contributed by atoms with Gasteiger partial charge in [0.2, 0.25) is 0 Å². The first-order valence-electron chi connectivity index (χ1n) is 8.14. The largest absolute Gasteiger partial charge is 0.332 e. The van der Waals surface area contributed by atoms with Crippen LogP contribution in [-0.4, -0.2) is 34.9 Å². The number of likely N-dealkylation sites (tertiary alicyclic amines) is 1. The van der Waals surface area contributed by atoms with Crippen LogP contribution in [0.3, 0.4) is 0 Å². The summed E-state index contributed by atoms with van der Waals surface area (Å²) in [5, 5.41) is 0.931. The van der Waals surface area contributed by atoms with E-state index in [9.17, 15) is 4.79 Å². The number of carbonyl (C=O) groups is 1. The topological polar surface area (TPSA) is 59.2 Å². The quantitative estimate of drug-likeness (QED) is 0.943. The summed E-state index contributed by atoms with van der Waals surface area (Å²) in [6, 6.07) is 8.37. The van der Waals surface area contributed by atoms with E-state index < -0.39 is 0 Å². The molecule has 2 fully saturated rings. The van der Waals surface area contributed by atoms with Crippen molar-refractivity contribution in [2.75, 3.05) is 13.1 Å². The molecule has 2 aliphatic rings. The van der Waals surface area contributed by atoms with E-state index in [0.717, 1.165) is 22.0 Å². The van der Waals surface area contributed by atoms with Gasteiger partial charge in [-0.15, -0.1) is 11.3 Å². The number of aromatic nitrogens is 1. The molecule has 1 aliphatic heterocycles. The van der Waals surface area contributed by atoms with Gasteiger partial charge in [0, 0.05) is 19.1 Å². The van der Waals surface area contributed by atoms with Crippen LogP contribution >= 0.6 is 11.3 Å². The van der Waals surface area contributed by atoms with E-state index in [1.165, 1.54) is 12.0 Å². The molecule has 4 nitrogen and oxygen atoms in total. The van der Waals surface area contributed by atoms with Crippen molar-refractivity contribution in [3.05, 3.63) is 40.5 Å². The smallest absolute Gasteiger partial charge is 0.274 e. The van der Waals surface area contributed by atoms with Crippen LogP contribution in [0.15, 0.2) is 24.3 Å². The number of fused-ring (bicyclic) bond motifs is 1. The van der Waals surface area contributed by atoms with Crippen molar-refractivity contribution in [2.24, 2.45) is 17.6 Å². The maximum absolute atomic E-state index is 13.1. The molecule has 2 heterocycles. The van der Waals surface area contributed by atoms with Crippen molar-refractivity contribution < 1.29 is 4.79 Å². The Morgan fingerprint density at radius 2 is 2.17 bits per heavy atom. The minimum Gasteiger partial charge on any atom is -0.332 e. The molecule has 1 saturated heterocycles. The average Bonchev–Trinajstić information content (AvgIpc) is 3.05. The zero-order valence-corrected chi connectivity index (χ0v) is 14.3. The Morgan fingerprint density at radius 3 is 2.91 bits per heavy atom. The number of amides is 1. The number of thiazole rings is 1. The maximum atomic E-state index is 13.1. The van der Waals surface area contributed by atoms with Crippen LogP contribution in [-0.2, 0) is 0 Å². The molecule has 0 radical (unpaired) electrons. The molecule has 0 spiro atoms. The van der Waals surface area contributed by atoms with Crippen molar-refractivity contribution >= 4 is 17.2 Å². The normalized spacial score (nSPS) is 25.5. The van der Waals surface area contributed by atoms with E-state index in [1.54, 1.807) is 11.3 Å². The highest BCUT2D eigenvalue weighted by Gasteiger charge is 2.53. The fourth-order valence-corrected chi connectivity index (χ4v) is 4.83. The van der Waals surface area contributed by atoms with E-state index in [2.05, 4.69) is 24.0 Å². The molecule has 3 atom stereocenters. The molecule has 2 N–H and O–H groups in total. The van der Waals surface area contributed by atoms with Gasteiger partial charge in [-0.3, -0.25) is 4.79 Å². The summed E-state index contributed by atoms with van der Waals surface area (Å²) in [6.45, 7) is 5.43. The molecule has 1 saturated carbocycles. The number of nitrogens with zero attached hydrogens (tertiary/aromatic N) is 2. The van der Waals surface area contributed by atoms with Crippen LogP contribution < -0.4 is 5.73 Å². The number of benzene rings is 1. The molecule has 4 rings (SSSR count). The molecule has 0 unspecified atom stereocenters. The van der Waals surface area contributed by atoms with Crippen molar-refractivity contribution in [3.63, 3.8) is 0 Å². The Bertz CT molecular complexity index is 769. The predicted molar refractivity (Wildman–Crippen MR) is 92.5 cm³/mol. The van der Waals surface area contributed by atoms with E-state index in [-0.39, 0.29) is 11.9 Å². The molecule has 120 valence electrons. The Kier molecular flexibility index (Phi) is 3.50. The Labute approximate surface area is 140 Å². The minimum absolute atomic E-state index is 0.0512. The lowest BCUT2D eigenvalue weighted by molar-refractivity contribution is 0.0708. The van der Waals surface area contributed by atoms with Crippen LogP contribution in [0.2, 0.25) is 0 Å². The van der Waals surface area contributed by atoms with Crippen LogP contribution in [0.1, 0.15) is 27.5 Å². The third-order valence-electron chi connectivity index (χ3n) is 5.13. The fourth-order valence-electron chi connectivity index (χ4n) is 3.83. The summed E-state index contributed by atoms with van der Waals surface area (Å²) >= 11 is 1.60. The fraction of sp³-hybridized carbons (Fsp3) is 0.444. The first kappa shape index (κ1) is 14.8. The van der Waals surface area contributed by atoms with Gasteiger partial charge in [-0.1, -0.05) is 24.3 Å². The van der Waals surface area contributed by atoms with E-state index >= 15 is 0 Å². The second-order valence-corrected chi connectivity index (χ2v) is 7.85. The van der Waals surface area contributed by atoms with Gasteiger partial charge in [-0.05, 0) is 43.2 Å². The molecule has 5 heteroatoms. The summed E-state index contributed by atoms with van der Waals surface area (Å²) in [6.07, 6.45) is 1.23. The Balaban J connectivity index is 1.72. The highest BCUT2D eigenvalue weighted by molar-refractivity contribution is 7.15. The molecular formula is C18H21N3OS. The molecule has 2 aromatic rings. The highest BCUT2D eigenvalue weighted by atomic mass is 32.1. The third kappa shape index (κ3) is 2.39. The van der Waals surface area contributed by atoms with Crippen LogP contribution in [0.4, 0.5) is 0 Å². The number of rotatable bonds is 3. The first-order valence-corrected chi connectivity index (χ1v) is 8.96. The second kappa shape index (κ2) is 5.42. The number of hydrogen-bond donors (Lipinski definition) is 1. The lowest BCUT2D eigenvalue weighted by Gasteiger charge is -2.26. The van der Waals surface area contributed by atoms with E-state index in [4.69, 9.17) is 5.73 Å². The van der Waals surface area contributed by atoms with Gasteiger partial charge in [0.15, 0.2) is 0 Å². The van der Waals surface area contributed by atoms with E-state index in [0.29, 0.717) is 24.1 Å². The number of aryl methyl sites for hydroxylation is 2. The van der Waals surface area contributed by atoms with Gasteiger partial charge in [0.1, 0.15) is 5.69 Å². The van der Waals surface area contributed by atoms with E-state index in [1.807, 2.05) is 24.0 Å². The molecule has 23 heavy (non-hydrogen) atoms. The van der Waals surface area contributed by atoms with Crippen molar-refractivity contribution in [3.8, 4) is 10.4 Å². The average molecular weight is 327 g/mol. The van der Waals surface area contributed by atoms with Gasteiger partial charge >= 0.3 is 0 Å². The van der Waals surface area contributed by atoms with Crippen LogP contribution in [0.5, 0.6) is 0 Å². The SMILES string of the molecule is Cc1nc(C(=O)N2C[C@H]3C[C@H]3[C@H]2CN)c(-c2ccccc2C)s1.